The Morgan fingerprint density at radius 1 is 1.10 bits per heavy atom. The van der Waals surface area contributed by atoms with Crippen molar-refractivity contribution >= 4 is 15.7 Å². The van der Waals surface area contributed by atoms with Crippen LogP contribution < -0.4 is 0 Å². The number of aromatic nitrogens is 1. The number of carbonyl (C=O) groups is 1. The maximum atomic E-state index is 13.4. The maximum absolute atomic E-state index is 13.4. The Hall–Kier alpha value is -2.93. The number of hydrogen-bond acceptors (Lipinski definition) is 5. The van der Waals surface area contributed by atoms with Gasteiger partial charge in [0.1, 0.15) is 0 Å². The lowest BCUT2D eigenvalue weighted by molar-refractivity contribution is 0.0670. The first-order chi connectivity index (χ1) is 14.8. The van der Waals surface area contributed by atoms with Crippen LogP contribution in [0.2, 0.25) is 0 Å². The first-order valence-electron chi connectivity index (χ1n) is 10.5. The van der Waals surface area contributed by atoms with Crippen LogP contribution in [-0.4, -0.2) is 41.9 Å². The first kappa shape index (κ1) is 21.3. The lowest BCUT2D eigenvalue weighted by Crippen LogP contribution is -2.40. The molecule has 4 rings (SSSR count). The van der Waals surface area contributed by atoms with E-state index < -0.39 is 9.84 Å². The molecule has 2 aromatic carbocycles. The highest BCUT2D eigenvalue weighted by Gasteiger charge is 2.36. The second-order valence-corrected chi connectivity index (χ2v) is 10.3. The van der Waals surface area contributed by atoms with Crippen molar-refractivity contribution in [3.8, 4) is 11.3 Å². The van der Waals surface area contributed by atoms with Crippen molar-refractivity contribution in [2.24, 2.45) is 0 Å². The number of carbonyl (C=O) groups excluding carboxylic acids is 1. The molecule has 2 heterocycles. The van der Waals surface area contributed by atoms with Gasteiger partial charge in [-0.1, -0.05) is 66.2 Å². The van der Waals surface area contributed by atoms with E-state index in [1.807, 2.05) is 55.5 Å². The van der Waals surface area contributed by atoms with Crippen LogP contribution in [-0.2, 0) is 22.8 Å². The molecular weight excluding hydrogens is 412 g/mol. The molecule has 1 atom stereocenters. The van der Waals surface area contributed by atoms with Gasteiger partial charge in [-0.2, -0.15) is 0 Å². The van der Waals surface area contributed by atoms with Crippen molar-refractivity contribution in [3.05, 3.63) is 77.0 Å². The summed E-state index contributed by atoms with van der Waals surface area (Å²) in [6, 6.07) is 17.1. The van der Waals surface area contributed by atoms with Crippen LogP contribution in [0.15, 0.2) is 59.1 Å². The minimum atomic E-state index is -3.14. The van der Waals surface area contributed by atoms with E-state index in [2.05, 4.69) is 12.1 Å². The van der Waals surface area contributed by atoms with Crippen molar-refractivity contribution in [2.75, 3.05) is 11.5 Å². The molecule has 1 aromatic heterocycles. The predicted molar refractivity (Wildman–Crippen MR) is 119 cm³/mol. The van der Waals surface area contributed by atoms with Gasteiger partial charge in [0.15, 0.2) is 21.3 Å². The molecule has 162 valence electrons. The Labute approximate surface area is 182 Å². The molecule has 7 heteroatoms. The van der Waals surface area contributed by atoms with Gasteiger partial charge < -0.3 is 9.42 Å². The fourth-order valence-corrected chi connectivity index (χ4v) is 5.57. The fourth-order valence-electron chi connectivity index (χ4n) is 3.84. The van der Waals surface area contributed by atoms with Crippen LogP contribution in [0.4, 0.5) is 0 Å². The minimum absolute atomic E-state index is 0.0194. The van der Waals surface area contributed by atoms with E-state index in [9.17, 15) is 13.2 Å². The summed E-state index contributed by atoms with van der Waals surface area (Å²) in [7, 11) is -3.14. The van der Waals surface area contributed by atoms with E-state index in [-0.39, 0.29) is 29.1 Å². The average Bonchev–Trinajstić information content (AvgIpc) is 3.39. The predicted octanol–water partition coefficient (Wildman–Crippen LogP) is 4.04. The smallest absolute Gasteiger partial charge is 0.276 e. The number of amides is 1. The highest BCUT2D eigenvalue weighted by atomic mass is 32.2. The zero-order valence-electron chi connectivity index (χ0n) is 17.7. The zero-order chi connectivity index (χ0) is 22.0. The molecule has 1 fully saturated rings. The molecule has 0 unspecified atom stereocenters. The quantitative estimate of drug-likeness (QED) is 0.580. The molecule has 31 heavy (non-hydrogen) atoms. The van der Waals surface area contributed by atoms with E-state index in [1.165, 1.54) is 5.56 Å². The van der Waals surface area contributed by atoms with Gasteiger partial charge in [-0.15, -0.1) is 0 Å². The standard InChI is InChI=1S/C24H26N2O4S/c1-3-18-6-8-19(9-7-18)15-26(21-12-13-31(28,29)16-21)24(27)22-14-23(30-25-22)20-10-4-17(2)5-11-20/h4-11,14,21H,3,12-13,15-16H2,1-2H3/t21-/m0/s1. The summed E-state index contributed by atoms with van der Waals surface area (Å²) in [5, 5.41) is 4.00. The van der Waals surface area contributed by atoms with E-state index >= 15 is 0 Å². The summed E-state index contributed by atoms with van der Waals surface area (Å²) >= 11 is 0. The van der Waals surface area contributed by atoms with Gasteiger partial charge in [-0.25, -0.2) is 8.42 Å². The normalized spacial score (nSPS) is 17.5. The molecule has 0 spiro atoms. The van der Waals surface area contributed by atoms with Crippen molar-refractivity contribution < 1.29 is 17.7 Å². The van der Waals surface area contributed by atoms with Crippen molar-refractivity contribution in [2.45, 2.75) is 39.3 Å². The van der Waals surface area contributed by atoms with Crippen LogP contribution >= 0.6 is 0 Å². The number of nitrogens with zero attached hydrogens (tertiary/aromatic N) is 2. The summed E-state index contributed by atoms with van der Waals surface area (Å²) in [5.41, 5.74) is 4.32. The Morgan fingerprint density at radius 2 is 1.77 bits per heavy atom. The van der Waals surface area contributed by atoms with Gasteiger partial charge in [0.05, 0.1) is 11.5 Å². The number of aryl methyl sites for hydroxylation is 2. The molecule has 3 aromatic rings. The van der Waals surface area contributed by atoms with E-state index in [1.54, 1.807) is 11.0 Å². The first-order valence-corrected chi connectivity index (χ1v) is 12.3. The Bertz CT molecular complexity index is 1170. The van der Waals surface area contributed by atoms with E-state index in [0.717, 1.165) is 23.1 Å². The average molecular weight is 439 g/mol. The van der Waals surface area contributed by atoms with Crippen LogP contribution in [0, 0.1) is 6.92 Å². The maximum Gasteiger partial charge on any atom is 0.276 e. The lowest BCUT2D eigenvalue weighted by atomic mass is 10.1. The SMILES string of the molecule is CCc1ccc(CN(C(=O)c2cc(-c3ccc(C)cc3)on2)[C@H]2CCS(=O)(=O)C2)cc1. The lowest BCUT2D eigenvalue weighted by Gasteiger charge is -2.27. The topological polar surface area (TPSA) is 80.5 Å². The van der Waals surface area contributed by atoms with Gasteiger partial charge in [-0.05, 0) is 30.9 Å². The molecule has 1 aliphatic heterocycles. The van der Waals surface area contributed by atoms with Crippen LogP contribution in [0.1, 0.15) is 40.5 Å². The zero-order valence-corrected chi connectivity index (χ0v) is 18.6. The van der Waals surface area contributed by atoms with E-state index in [4.69, 9.17) is 4.52 Å². The molecule has 0 aliphatic carbocycles. The summed E-state index contributed by atoms with van der Waals surface area (Å²) in [4.78, 5) is 15.0. The largest absolute Gasteiger partial charge is 0.355 e. The number of rotatable bonds is 6. The molecule has 0 N–H and O–H groups in total. The number of benzene rings is 2. The van der Waals surface area contributed by atoms with Crippen LogP contribution in [0.5, 0.6) is 0 Å². The fraction of sp³-hybridized carbons (Fsp3) is 0.333. The molecular formula is C24H26N2O4S. The second-order valence-electron chi connectivity index (χ2n) is 8.10. The molecule has 0 saturated carbocycles. The van der Waals surface area contributed by atoms with Crippen molar-refractivity contribution in [1.82, 2.24) is 10.1 Å². The number of sulfone groups is 1. The Kier molecular flexibility index (Phi) is 5.96. The third kappa shape index (κ3) is 4.88. The van der Waals surface area contributed by atoms with Gasteiger partial charge in [0.2, 0.25) is 0 Å². The monoisotopic (exact) mass is 438 g/mol. The molecule has 1 aliphatic rings. The van der Waals surface area contributed by atoms with Crippen molar-refractivity contribution in [3.63, 3.8) is 0 Å². The van der Waals surface area contributed by atoms with Gasteiger partial charge in [-0.3, -0.25) is 4.79 Å². The van der Waals surface area contributed by atoms with Crippen LogP contribution in [0.25, 0.3) is 11.3 Å². The summed E-state index contributed by atoms with van der Waals surface area (Å²) in [6.07, 6.45) is 1.37. The summed E-state index contributed by atoms with van der Waals surface area (Å²) < 4.78 is 29.6. The molecule has 1 amide bonds. The number of hydrogen-bond donors (Lipinski definition) is 0. The highest BCUT2D eigenvalue weighted by molar-refractivity contribution is 7.91. The van der Waals surface area contributed by atoms with Gasteiger partial charge in [0.25, 0.3) is 5.91 Å². The highest BCUT2D eigenvalue weighted by Crippen LogP contribution is 2.25. The van der Waals surface area contributed by atoms with Crippen LogP contribution in [0.3, 0.4) is 0 Å². The van der Waals surface area contributed by atoms with Crippen molar-refractivity contribution in [1.29, 1.82) is 0 Å². The third-order valence-corrected chi connectivity index (χ3v) is 7.51. The second kappa shape index (κ2) is 8.67. The Balaban J connectivity index is 1.61. The van der Waals surface area contributed by atoms with E-state index in [0.29, 0.717) is 18.7 Å². The Morgan fingerprint density at radius 3 is 2.39 bits per heavy atom. The summed E-state index contributed by atoms with van der Waals surface area (Å²) in [6.45, 7) is 4.42. The molecule has 0 bridgehead atoms. The third-order valence-electron chi connectivity index (χ3n) is 5.76. The van der Waals surface area contributed by atoms with Gasteiger partial charge in [0, 0.05) is 24.2 Å². The molecule has 1 saturated heterocycles. The van der Waals surface area contributed by atoms with Gasteiger partial charge >= 0.3 is 0 Å². The minimum Gasteiger partial charge on any atom is -0.355 e. The molecule has 0 radical (unpaired) electrons. The molecule has 6 nitrogen and oxygen atoms in total. The summed E-state index contributed by atoms with van der Waals surface area (Å²) in [5.74, 6) is 0.274.